The van der Waals surface area contributed by atoms with Crippen LogP contribution in [0.4, 0.5) is 0 Å². The van der Waals surface area contributed by atoms with Crippen LogP contribution in [0.3, 0.4) is 0 Å². The topological polar surface area (TPSA) is 43.4 Å². The Morgan fingerprint density at radius 2 is 1.88 bits per heavy atom. The largest absolute Gasteiger partial charge is 0.380 e. The highest BCUT2D eigenvalue weighted by atomic mass is 32.2. The molecule has 4 heteroatoms. The van der Waals surface area contributed by atoms with Gasteiger partial charge in [0.25, 0.3) is 0 Å². The lowest BCUT2D eigenvalue weighted by Crippen LogP contribution is -2.21. The molecule has 1 heterocycles. The third-order valence-electron chi connectivity index (χ3n) is 3.20. The maximum absolute atomic E-state index is 12.2. The van der Waals surface area contributed by atoms with Crippen LogP contribution >= 0.6 is 0 Å². The fraction of sp³-hybridized carbons (Fsp3) is 0.538. The van der Waals surface area contributed by atoms with Crippen LogP contribution in [0.2, 0.25) is 0 Å². The number of sulfone groups is 1. The molecule has 0 amide bonds. The van der Waals surface area contributed by atoms with E-state index in [-0.39, 0.29) is 5.25 Å². The van der Waals surface area contributed by atoms with E-state index in [1.54, 1.807) is 12.1 Å². The van der Waals surface area contributed by atoms with Crippen molar-refractivity contribution in [2.45, 2.75) is 36.3 Å². The van der Waals surface area contributed by atoms with Gasteiger partial charge in [-0.2, -0.15) is 0 Å². The Morgan fingerprint density at radius 1 is 1.24 bits per heavy atom. The SMILES string of the molecule is CC(C)c1ccc(S(=O)(=O)C2CCOC2)cc1. The van der Waals surface area contributed by atoms with Gasteiger partial charge in [-0.25, -0.2) is 8.42 Å². The molecule has 1 aliphatic rings. The van der Waals surface area contributed by atoms with E-state index in [1.807, 2.05) is 12.1 Å². The van der Waals surface area contributed by atoms with Crippen molar-refractivity contribution in [2.24, 2.45) is 0 Å². The molecular formula is C13H18O3S. The second kappa shape index (κ2) is 4.78. The monoisotopic (exact) mass is 254 g/mol. The van der Waals surface area contributed by atoms with Crippen molar-refractivity contribution in [1.29, 1.82) is 0 Å². The summed E-state index contributed by atoms with van der Waals surface area (Å²) >= 11 is 0. The Morgan fingerprint density at radius 3 is 2.35 bits per heavy atom. The van der Waals surface area contributed by atoms with Gasteiger partial charge in [-0.3, -0.25) is 0 Å². The zero-order chi connectivity index (χ0) is 12.5. The Labute approximate surface area is 103 Å². The first-order valence-electron chi connectivity index (χ1n) is 5.93. The van der Waals surface area contributed by atoms with E-state index in [4.69, 9.17) is 4.74 Å². The van der Waals surface area contributed by atoms with Crippen LogP contribution in [-0.4, -0.2) is 26.9 Å². The molecule has 2 rings (SSSR count). The quantitative estimate of drug-likeness (QED) is 0.831. The van der Waals surface area contributed by atoms with Crippen molar-refractivity contribution < 1.29 is 13.2 Å². The number of hydrogen-bond donors (Lipinski definition) is 0. The van der Waals surface area contributed by atoms with Crippen LogP contribution in [0, 0.1) is 0 Å². The molecule has 17 heavy (non-hydrogen) atoms. The van der Waals surface area contributed by atoms with Crippen LogP contribution in [-0.2, 0) is 14.6 Å². The van der Waals surface area contributed by atoms with Crippen molar-refractivity contribution in [3.63, 3.8) is 0 Å². The molecule has 1 fully saturated rings. The summed E-state index contributed by atoms with van der Waals surface area (Å²) in [5.41, 5.74) is 1.16. The van der Waals surface area contributed by atoms with Gasteiger partial charge in [0, 0.05) is 6.61 Å². The molecule has 1 atom stereocenters. The highest BCUT2D eigenvalue weighted by molar-refractivity contribution is 7.92. The highest BCUT2D eigenvalue weighted by Gasteiger charge is 2.30. The van der Waals surface area contributed by atoms with Crippen LogP contribution < -0.4 is 0 Å². The van der Waals surface area contributed by atoms with E-state index >= 15 is 0 Å². The summed E-state index contributed by atoms with van der Waals surface area (Å²) in [5.74, 6) is 0.418. The summed E-state index contributed by atoms with van der Waals surface area (Å²) in [7, 11) is -3.21. The third kappa shape index (κ3) is 2.53. The van der Waals surface area contributed by atoms with Gasteiger partial charge in [0.1, 0.15) is 0 Å². The van der Waals surface area contributed by atoms with Gasteiger partial charge in [-0.1, -0.05) is 26.0 Å². The fourth-order valence-electron chi connectivity index (χ4n) is 1.99. The number of benzene rings is 1. The molecular weight excluding hydrogens is 236 g/mol. The first-order chi connectivity index (χ1) is 8.01. The van der Waals surface area contributed by atoms with Gasteiger partial charge < -0.3 is 4.74 Å². The summed E-state index contributed by atoms with van der Waals surface area (Å²) in [6.07, 6.45) is 0.605. The molecule has 1 saturated heterocycles. The standard InChI is InChI=1S/C13H18O3S/c1-10(2)11-3-5-12(6-4-11)17(14,15)13-7-8-16-9-13/h3-6,10,13H,7-9H2,1-2H3. The maximum Gasteiger partial charge on any atom is 0.183 e. The number of hydrogen-bond acceptors (Lipinski definition) is 3. The molecule has 3 nitrogen and oxygen atoms in total. The van der Waals surface area contributed by atoms with Crippen LogP contribution in [0.25, 0.3) is 0 Å². The van der Waals surface area contributed by atoms with Crippen LogP contribution in [0.15, 0.2) is 29.2 Å². The minimum absolute atomic E-state index is 0.328. The molecule has 0 aliphatic carbocycles. The fourth-order valence-corrected chi connectivity index (χ4v) is 3.57. The van der Waals surface area contributed by atoms with Gasteiger partial charge in [0.2, 0.25) is 0 Å². The summed E-state index contributed by atoms with van der Waals surface area (Å²) in [4.78, 5) is 0.414. The predicted molar refractivity (Wildman–Crippen MR) is 66.9 cm³/mol. The Bertz CT molecular complexity index is 468. The molecule has 94 valence electrons. The van der Waals surface area contributed by atoms with E-state index in [1.165, 1.54) is 0 Å². The van der Waals surface area contributed by atoms with Gasteiger partial charge in [-0.05, 0) is 30.0 Å². The third-order valence-corrected chi connectivity index (χ3v) is 5.38. The molecule has 1 aromatic rings. The lowest BCUT2D eigenvalue weighted by Gasteiger charge is -2.11. The molecule has 1 unspecified atom stereocenters. The highest BCUT2D eigenvalue weighted by Crippen LogP contribution is 2.24. The molecule has 0 saturated carbocycles. The Hall–Kier alpha value is -0.870. The van der Waals surface area contributed by atoms with Crippen molar-refractivity contribution >= 4 is 9.84 Å². The molecule has 1 aliphatic heterocycles. The zero-order valence-electron chi connectivity index (χ0n) is 10.2. The second-order valence-electron chi connectivity index (χ2n) is 4.75. The average Bonchev–Trinajstić information content (AvgIpc) is 2.83. The molecule has 0 spiro atoms. The van der Waals surface area contributed by atoms with Crippen molar-refractivity contribution in [3.8, 4) is 0 Å². The first kappa shape index (κ1) is 12.6. The Balaban J connectivity index is 2.27. The van der Waals surface area contributed by atoms with E-state index in [9.17, 15) is 8.42 Å². The van der Waals surface area contributed by atoms with E-state index in [0.29, 0.717) is 30.4 Å². The van der Waals surface area contributed by atoms with E-state index in [0.717, 1.165) is 5.56 Å². The van der Waals surface area contributed by atoms with E-state index < -0.39 is 9.84 Å². The molecule has 1 aromatic carbocycles. The summed E-state index contributed by atoms with van der Waals surface area (Å²) in [6.45, 7) is 5.06. The predicted octanol–water partition coefficient (Wildman–Crippen LogP) is 2.37. The summed E-state index contributed by atoms with van der Waals surface area (Å²) in [5, 5.41) is -0.368. The minimum Gasteiger partial charge on any atom is -0.380 e. The first-order valence-corrected chi connectivity index (χ1v) is 7.48. The maximum atomic E-state index is 12.2. The van der Waals surface area contributed by atoms with Crippen LogP contribution in [0.5, 0.6) is 0 Å². The lowest BCUT2D eigenvalue weighted by molar-refractivity contribution is 0.198. The zero-order valence-corrected chi connectivity index (χ0v) is 11.0. The number of ether oxygens (including phenoxy) is 1. The van der Waals surface area contributed by atoms with Gasteiger partial charge >= 0.3 is 0 Å². The van der Waals surface area contributed by atoms with Gasteiger partial charge in [0.15, 0.2) is 9.84 Å². The van der Waals surface area contributed by atoms with E-state index in [2.05, 4.69) is 13.8 Å². The summed E-state index contributed by atoms with van der Waals surface area (Å²) < 4.78 is 29.6. The average molecular weight is 254 g/mol. The number of rotatable bonds is 3. The molecule has 0 aromatic heterocycles. The smallest absolute Gasteiger partial charge is 0.183 e. The lowest BCUT2D eigenvalue weighted by atomic mass is 10.0. The van der Waals surface area contributed by atoms with Crippen LogP contribution in [0.1, 0.15) is 31.7 Å². The minimum atomic E-state index is -3.21. The Kier molecular flexibility index (Phi) is 3.54. The van der Waals surface area contributed by atoms with Gasteiger partial charge in [-0.15, -0.1) is 0 Å². The molecule has 0 bridgehead atoms. The molecule has 0 radical (unpaired) electrons. The van der Waals surface area contributed by atoms with Gasteiger partial charge in [0.05, 0.1) is 16.8 Å². The van der Waals surface area contributed by atoms with Crippen molar-refractivity contribution in [3.05, 3.63) is 29.8 Å². The van der Waals surface area contributed by atoms with Crippen molar-refractivity contribution in [1.82, 2.24) is 0 Å². The van der Waals surface area contributed by atoms with Crippen molar-refractivity contribution in [2.75, 3.05) is 13.2 Å². The summed E-state index contributed by atoms with van der Waals surface area (Å²) in [6, 6.07) is 7.21. The normalized spacial score (nSPS) is 21.0. The molecule has 0 N–H and O–H groups in total. The second-order valence-corrected chi connectivity index (χ2v) is 6.98.